The zero-order valence-corrected chi connectivity index (χ0v) is 8.11. The standard InChI is InChI=1S/C8H16N2OS/c9-3-1-4-10-5-2-6-12-7-8(10)11/h1-7,9H2. The predicted octanol–water partition coefficient (Wildman–Crippen LogP) is 0.301. The molecule has 0 aromatic heterocycles. The van der Waals surface area contributed by atoms with Crippen molar-refractivity contribution in [3.05, 3.63) is 0 Å². The van der Waals surface area contributed by atoms with Gasteiger partial charge in [0.15, 0.2) is 0 Å². The van der Waals surface area contributed by atoms with E-state index < -0.39 is 0 Å². The molecule has 0 aromatic carbocycles. The normalized spacial score (nSPS) is 19.4. The zero-order chi connectivity index (χ0) is 8.81. The van der Waals surface area contributed by atoms with Gasteiger partial charge in [-0.1, -0.05) is 0 Å². The van der Waals surface area contributed by atoms with Gasteiger partial charge < -0.3 is 10.6 Å². The maximum atomic E-state index is 11.4. The summed E-state index contributed by atoms with van der Waals surface area (Å²) in [6.45, 7) is 2.44. The topological polar surface area (TPSA) is 46.3 Å². The van der Waals surface area contributed by atoms with Crippen molar-refractivity contribution in [3.8, 4) is 0 Å². The van der Waals surface area contributed by atoms with Crippen molar-refractivity contribution < 1.29 is 4.79 Å². The van der Waals surface area contributed by atoms with Crippen molar-refractivity contribution >= 4 is 17.7 Å². The third-order valence-corrected chi connectivity index (χ3v) is 2.96. The number of amides is 1. The molecule has 3 nitrogen and oxygen atoms in total. The number of carbonyl (C=O) groups is 1. The summed E-state index contributed by atoms with van der Waals surface area (Å²) in [5.74, 6) is 2.06. The predicted molar refractivity (Wildman–Crippen MR) is 52.2 cm³/mol. The van der Waals surface area contributed by atoms with Gasteiger partial charge in [0.25, 0.3) is 0 Å². The number of nitrogens with two attached hydrogens (primary N) is 1. The molecule has 0 bridgehead atoms. The fraction of sp³-hybridized carbons (Fsp3) is 0.875. The van der Waals surface area contributed by atoms with Crippen LogP contribution in [0.5, 0.6) is 0 Å². The lowest BCUT2D eigenvalue weighted by atomic mass is 10.3. The van der Waals surface area contributed by atoms with Crippen LogP contribution in [-0.2, 0) is 4.79 Å². The molecule has 1 aliphatic heterocycles. The molecule has 0 spiro atoms. The molecule has 0 radical (unpaired) electrons. The van der Waals surface area contributed by atoms with Gasteiger partial charge in [0.2, 0.25) is 5.91 Å². The van der Waals surface area contributed by atoms with Gasteiger partial charge in [-0.25, -0.2) is 0 Å². The molecule has 2 N–H and O–H groups in total. The first kappa shape index (κ1) is 9.86. The smallest absolute Gasteiger partial charge is 0.232 e. The molecule has 0 saturated carbocycles. The Kier molecular flexibility index (Phi) is 4.46. The molecule has 1 rings (SSSR count). The van der Waals surface area contributed by atoms with Gasteiger partial charge in [-0.15, -0.1) is 0 Å². The molecule has 1 saturated heterocycles. The Balaban J connectivity index is 2.31. The van der Waals surface area contributed by atoms with Crippen LogP contribution in [-0.4, -0.2) is 41.9 Å². The van der Waals surface area contributed by atoms with Crippen LogP contribution in [0.2, 0.25) is 0 Å². The van der Waals surface area contributed by atoms with Crippen molar-refractivity contribution in [3.63, 3.8) is 0 Å². The van der Waals surface area contributed by atoms with Crippen molar-refractivity contribution in [1.29, 1.82) is 0 Å². The first-order valence-corrected chi connectivity index (χ1v) is 5.55. The second-order valence-corrected chi connectivity index (χ2v) is 4.03. The number of rotatable bonds is 3. The molecule has 70 valence electrons. The summed E-state index contributed by atoms with van der Waals surface area (Å²) in [7, 11) is 0. The van der Waals surface area contributed by atoms with E-state index in [1.54, 1.807) is 11.8 Å². The third-order valence-electron chi connectivity index (χ3n) is 1.93. The molecule has 0 aliphatic carbocycles. The molecular formula is C8H16N2OS. The van der Waals surface area contributed by atoms with Crippen LogP contribution < -0.4 is 5.73 Å². The van der Waals surface area contributed by atoms with Crippen LogP contribution in [0.3, 0.4) is 0 Å². The molecule has 0 unspecified atom stereocenters. The van der Waals surface area contributed by atoms with E-state index in [0.29, 0.717) is 12.3 Å². The third kappa shape index (κ3) is 3.03. The van der Waals surface area contributed by atoms with Gasteiger partial charge in [0.1, 0.15) is 0 Å². The summed E-state index contributed by atoms with van der Waals surface area (Å²) >= 11 is 1.74. The maximum Gasteiger partial charge on any atom is 0.232 e. The Morgan fingerprint density at radius 2 is 2.42 bits per heavy atom. The largest absolute Gasteiger partial charge is 0.342 e. The monoisotopic (exact) mass is 188 g/mol. The molecule has 1 aliphatic rings. The van der Waals surface area contributed by atoms with E-state index in [9.17, 15) is 4.79 Å². The minimum absolute atomic E-state index is 0.283. The van der Waals surface area contributed by atoms with Crippen LogP contribution in [0.4, 0.5) is 0 Å². The Morgan fingerprint density at radius 3 is 3.17 bits per heavy atom. The highest BCUT2D eigenvalue weighted by Crippen LogP contribution is 2.11. The molecule has 1 amide bonds. The fourth-order valence-electron chi connectivity index (χ4n) is 1.25. The Morgan fingerprint density at radius 1 is 1.58 bits per heavy atom. The molecule has 0 aromatic rings. The fourth-order valence-corrected chi connectivity index (χ4v) is 2.09. The minimum Gasteiger partial charge on any atom is -0.342 e. The van der Waals surface area contributed by atoms with Gasteiger partial charge in [0, 0.05) is 13.1 Å². The first-order chi connectivity index (χ1) is 5.84. The molecule has 4 heteroatoms. The van der Waals surface area contributed by atoms with Crippen molar-refractivity contribution in [2.75, 3.05) is 31.1 Å². The van der Waals surface area contributed by atoms with Gasteiger partial charge in [-0.2, -0.15) is 11.8 Å². The van der Waals surface area contributed by atoms with E-state index in [1.807, 2.05) is 4.90 Å². The Labute approximate surface area is 77.7 Å². The molecule has 12 heavy (non-hydrogen) atoms. The van der Waals surface area contributed by atoms with Crippen LogP contribution in [0.15, 0.2) is 0 Å². The second-order valence-electron chi connectivity index (χ2n) is 2.93. The van der Waals surface area contributed by atoms with Gasteiger partial charge >= 0.3 is 0 Å². The highest BCUT2D eigenvalue weighted by atomic mass is 32.2. The highest BCUT2D eigenvalue weighted by molar-refractivity contribution is 7.99. The van der Waals surface area contributed by atoms with E-state index in [4.69, 9.17) is 5.73 Å². The van der Waals surface area contributed by atoms with Crippen LogP contribution >= 0.6 is 11.8 Å². The van der Waals surface area contributed by atoms with Crippen molar-refractivity contribution in [2.24, 2.45) is 5.73 Å². The van der Waals surface area contributed by atoms with E-state index >= 15 is 0 Å². The van der Waals surface area contributed by atoms with Crippen LogP contribution in [0.25, 0.3) is 0 Å². The van der Waals surface area contributed by atoms with Gasteiger partial charge in [-0.05, 0) is 25.1 Å². The second kappa shape index (κ2) is 5.43. The zero-order valence-electron chi connectivity index (χ0n) is 7.29. The summed E-state index contributed by atoms with van der Waals surface area (Å²) in [4.78, 5) is 13.3. The lowest BCUT2D eigenvalue weighted by Crippen LogP contribution is -2.33. The summed E-state index contributed by atoms with van der Waals surface area (Å²) in [5.41, 5.74) is 5.39. The van der Waals surface area contributed by atoms with Crippen LogP contribution in [0, 0.1) is 0 Å². The van der Waals surface area contributed by atoms with Gasteiger partial charge in [-0.3, -0.25) is 4.79 Å². The first-order valence-electron chi connectivity index (χ1n) is 4.40. The average Bonchev–Trinajstić information content (AvgIpc) is 2.27. The van der Waals surface area contributed by atoms with E-state index in [1.165, 1.54) is 0 Å². The number of carbonyl (C=O) groups excluding carboxylic acids is 1. The number of nitrogens with zero attached hydrogens (tertiary/aromatic N) is 1. The molecular weight excluding hydrogens is 172 g/mol. The number of hydrogen-bond acceptors (Lipinski definition) is 3. The van der Waals surface area contributed by atoms with E-state index in [0.717, 1.165) is 31.7 Å². The maximum absolute atomic E-state index is 11.4. The Bertz CT molecular complexity index is 152. The van der Waals surface area contributed by atoms with Crippen molar-refractivity contribution in [2.45, 2.75) is 12.8 Å². The van der Waals surface area contributed by atoms with Crippen molar-refractivity contribution in [1.82, 2.24) is 4.90 Å². The Hall–Kier alpha value is -0.220. The van der Waals surface area contributed by atoms with Gasteiger partial charge in [0.05, 0.1) is 5.75 Å². The highest BCUT2D eigenvalue weighted by Gasteiger charge is 2.15. The lowest BCUT2D eigenvalue weighted by molar-refractivity contribution is -0.128. The number of thioether (sulfide) groups is 1. The van der Waals surface area contributed by atoms with Crippen LogP contribution in [0.1, 0.15) is 12.8 Å². The molecule has 1 heterocycles. The summed E-state index contributed by atoms with van der Waals surface area (Å²) in [6.07, 6.45) is 2.05. The molecule has 1 fully saturated rings. The van der Waals surface area contributed by atoms with E-state index in [-0.39, 0.29) is 5.91 Å². The minimum atomic E-state index is 0.283. The lowest BCUT2D eigenvalue weighted by Gasteiger charge is -2.19. The SMILES string of the molecule is NCCCN1CCCSCC1=O. The quantitative estimate of drug-likeness (QED) is 0.693. The summed E-state index contributed by atoms with van der Waals surface area (Å²) in [5, 5.41) is 0. The number of hydrogen-bond donors (Lipinski definition) is 1. The summed E-state index contributed by atoms with van der Waals surface area (Å²) < 4.78 is 0. The molecule has 0 atom stereocenters. The average molecular weight is 188 g/mol. The summed E-state index contributed by atoms with van der Waals surface area (Å²) in [6, 6.07) is 0. The van der Waals surface area contributed by atoms with E-state index in [2.05, 4.69) is 0 Å².